The lowest BCUT2D eigenvalue weighted by molar-refractivity contribution is -0.148. The minimum absolute atomic E-state index is 0.0245. The van der Waals surface area contributed by atoms with Gasteiger partial charge in [-0.25, -0.2) is 0 Å². The number of benzene rings is 1. The second-order valence-corrected chi connectivity index (χ2v) is 4.80. The third-order valence-electron chi connectivity index (χ3n) is 3.20. The molecule has 1 aliphatic heterocycles. The van der Waals surface area contributed by atoms with Crippen molar-refractivity contribution in [3.05, 3.63) is 35.9 Å². The van der Waals surface area contributed by atoms with Crippen molar-refractivity contribution < 1.29 is 9.53 Å². The van der Waals surface area contributed by atoms with Gasteiger partial charge in [0.25, 0.3) is 0 Å². The van der Waals surface area contributed by atoms with Crippen LogP contribution in [0.1, 0.15) is 24.8 Å². The summed E-state index contributed by atoms with van der Waals surface area (Å²) < 4.78 is 5.33. The minimum atomic E-state index is -0.183. The maximum atomic E-state index is 11.0. The topological polar surface area (TPSA) is 29.5 Å². The third kappa shape index (κ3) is 3.30. The van der Waals surface area contributed by atoms with E-state index in [2.05, 4.69) is 36.2 Å². The molecule has 0 spiro atoms. The highest BCUT2D eigenvalue weighted by atomic mass is 16.5. The Morgan fingerprint density at radius 3 is 2.65 bits per heavy atom. The fraction of sp³-hybridized carbons (Fsp3) is 0.500. The van der Waals surface area contributed by atoms with E-state index in [-0.39, 0.29) is 12.1 Å². The Kier molecular flexibility index (Phi) is 3.79. The second kappa shape index (κ2) is 5.32. The highest BCUT2D eigenvalue weighted by Gasteiger charge is 2.27. The van der Waals surface area contributed by atoms with Crippen molar-refractivity contribution in [2.24, 2.45) is 0 Å². The molecule has 1 fully saturated rings. The van der Waals surface area contributed by atoms with Gasteiger partial charge in [-0.15, -0.1) is 0 Å². The Labute approximate surface area is 102 Å². The summed E-state index contributed by atoms with van der Waals surface area (Å²) in [6, 6.07) is 10.4. The maximum absolute atomic E-state index is 11.0. The van der Waals surface area contributed by atoms with E-state index in [9.17, 15) is 4.79 Å². The molecule has 0 amide bonds. The number of hydrogen-bond acceptors (Lipinski definition) is 3. The summed E-state index contributed by atoms with van der Waals surface area (Å²) in [6.45, 7) is 3.34. The molecule has 2 atom stereocenters. The highest BCUT2D eigenvalue weighted by Crippen LogP contribution is 2.27. The molecule has 92 valence electrons. The van der Waals surface area contributed by atoms with E-state index in [1.54, 1.807) is 0 Å². The van der Waals surface area contributed by atoms with Crippen LogP contribution in [0.4, 0.5) is 0 Å². The molecule has 0 radical (unpaired) electrons. The predicted molar refractivity (Wildman–Crippen MR) is 66.9 cm³/mol. The van der Waals surface area contributed by atoms with Gasteiger partial charge in [-0.1, -0.05) is 30.3 Å². The quantitative estimate of drug-likeness (QED) is 0.732. The summed E-state index contributed by atoms with van der Waals surface area (Å²) >= 11 is 0. The molecule has 1 saturated heterocycles. The van der Waals surface area contributed by atoms with Crippen LogP contribution in [-0.2, 0) is 9.53 Å². The van der Waals surface area contributed by atoms with Crippen LogP contribution in [0.2, 0.25) is 0 Å². The summed E-state index contributed by atoms with van der Waals surface area (Å²) in [6.07, 6.45) is 0.949. The van der Waals surface area contributed by atoms with Crippen molar-refractivity contribution >= 4 is 5.97 Å². The largest absolute Gasteiger partial charge is 0.461 e. The monoisotopic (exact) mass is 233 g/mol. The molecule has 3 heteroatoms. The Hall–Kier alpha value is -1.35. The molecule has 3 nitrogen and oxygen atoms in total. The molecule has 1 heterocycles. The molecule has 0 aromatic heterocycles. The Morgan fingerprint density at radius 2 is 2.00 bits per heavy atom. The van der Waals surface area contributed by atoms with Crippen LogP contribution < -0.4 is 0 Å². The van der Waals surface area contributed by atoms with Crippen LogP contribution >= 0.6 is 0 Å². The smallest absolute Gasteiger partial charge is 0.302 e. The van der Waals surface area contributed by atoms with E-state index in [1.807, 2.05) is 6.07 Å². The van der Waals surface area contributed by atoms with Crippen molar-refractivity contribution in [1.82, 2.24) is 4.90 Å². The molecular weight excluding hydrogens is 214 g/mol. The zero-order valence-corrected chi connectivity index (χ0v) is 10.4. The summed E-state index contributed by atoms with van der Waals surface area (Å²) in [5.74, 6) is 0.274. The molecule has 17 heavy (non-hydrogen) atoms. The van der Waals surface area contributed by atoms with Gasteiger partial charge in [0.15, 0.2) is 0 Å². The Bertz CT molecular complexity index is 377. The van der Waals surface area contributed by atoms with Gasteiger partial charge >= 0.3 is 5.97 Å². The molecule has 1 aliphatic rings. The minimum Gasteiger partial charge on any atom is -0.461 e. The van der Waals surface area contributed by atoms with E-state index in [0.29, 0.717) is 5.92 Å². The van der Waals surface area contributed by atoms with E-state index >= 15 is 0 Å². The molecule has 0 unspecified atom stereocenters. The summed E-state index contributed by atoms with van der Waals surface area (Å²) in [5.41, 5.74) is 1.33. The standard InChI is InChI=1S/C14H19NO2/c1-11(16)17-14-8-13(9-15(2)10-14)12-6-4-3-5-7-12/h3-7,13-14H,8-10H2,1-2H3/t13-,14+/m0/s1. The second-order valence-electron chi connectivity index (χ2n) is 4.80. The molecule has 0 aliphatic carbocycles. The summed E-state index contributed by atoms with van der Waals surface area (Å²) in [4.78, 5) is 13.3. The number of nitrogens with zero attached hydrogens (tertiary/aromatic N) is 1. The molecule has 0 N–H and O–H groups in total. The number of carbonyl (C=O) groups excluding carboxylic acids is 1. The first-order chi connectivity index (χ1) is 8.15. The van der Waals surface area contributed by atoms with Gasteiger partial charge in [-0.3, -0.25) is 4.79 Å². The zero-order valence-electron chi connectivity index (χ0n) is 10.4. The van der Waals surface area contributed by atoms with Gasteiger partial charge in [-0.2, -0.15) is 0 Å². The number of hydrogen-bond donors (Lipinski definition) is 0. The number of esters is 1. The average Bonchev–Trinajstić information content (AvgIpc) is 2.28. The number of piperidine rings is 1. The third-order valence-corrected chi connectivity index (χ3v) is 3.20. The van der Waals surface area contributed by atoms with Gasteiger partial charge < -0.3 is 9.64 Å². The molecule has 0 bridgehead atoms. The predicted octanol–water partition coefficient (Wildman–Crippen LogP) is 2.04. The van der Waals surface area contributed by atoms with E-state index in [1.165, 1.54) is 12.5 Å². The lowest BCUT2D eigenvalue weighted by Gasteiger charge is -2.35. The van der Waals surface area contributed by atoms with E-state index in [4.69, 9.17) is 4.74 Å². The molecular formula is C14H19NO2. The Balaban J connectivity index is 2.06. The van der Waals surface area contributed by atoms with Crippen LogP contribution in [0.3, 0.4) is 0 Å². The SMILES string of the molecule is CC(=O)O[C@@H]1C[C@H](c2ccccc2)CN(C)C1. The highest BCUT2D eigenvalue weighted by molar-refractivity contribution is 5.66. The lowest BCUT2D eigenvalue weighted by Crippen LogP contribution is -2.41. The van der Waals surface area contributed by atoms with Crippen LogP contribution in [0, 0.1) is 0 Å². The van der Waals surface area contributed by atoms with Gasteiger partial charge in [-0.05, 0) is 19.0 Å². The first-order valence-corrected chi connectivity index (χ1v) is 6.06. The van der Waals surface area contributed by atoms with E-state index in [0.717, 1.165) is 19.5 Å². The van der Waals surface area contributed by atoms with Gasteiger partial charge in [0.05, 0.1) is 0 Å². The average molecular weight is 233 g/mol. The van der Waals surface area contributed by atoms with Crippen LogP contribution in [-0.4, -0.2) is 37.1 Å². The fourth-order valence-electron chi connectivity index (χ4n) is 2.55. The van der Waals surface area contributed by atoms with Crippen LogP contribution in [0.5, 0.6) is 0 Å². The zero-order chi connectivity index (χ0) is 12.3. The van der Waals surface area contributed by atoms with Crippen molar-refractivity contribution in [1.29, 1.82) is 0 Å². The first-order valence-electron chi connectivity index (χ1n) is 6.06. The lowest BCUT2D eigenvalue weighted by atomic mass is 9.89. The fourth-order valence-corrected chi connectivity index (χ4v) is 2.55. The molecule has 2 rings (SSSR count). The van der Waals surface area contributed by atoms with Crippen molar-refractivity contribution in [3.8, 4) is 0 Å². The molecule has 0 saturated carbocycles. The number of carbonyl (C=O) groups is 1. The van der Waals surface area contributed by atoms with Crippen LogP contribution in [0.25, 0.3) is 0 Å². The Morgan fingerprint density at radius 1 is 1.29 bits per heavy atom. The number of rotatable bonds is 2. The number of likely N-dealkylation sites (N-methyl/N-ethyl adjacent to an activating group) is 1. The van der Waals surface area contributed by atoms with Crippen molar-refractivity contribution in [3.63, 3.8) is 0 Å². The van der Waals surface area contributed by atoms with E-state index < -0.39 is 0 Å². The summed E-state index contributed by atoms with van der Waals surface area (Å²) in [5, 5.41) is 0. The van der Waals surface area contributed by atoms with Gasteiger partial charge in [0.2, 0.25) is 0 Å². The maximum Gasteiger partial charge on any atom is 0.302 e. The molecule has 1 aromatic rings. The van der Waals surface area contributed by atoms with Crippen molar-refractivity contribution in [2.75, 3.05) is 20.1 Å². The first kappa shape index (κ1) is 12.1. The number of ether oxygens (including phenoxy) is 1. The molecule has 1 aromatic carbocycles. The normalized spacial score (nSPS) is 25.5. The summed E-state index contributed by atoms with van der Waals surface area (Å²) in [7, 11) is 2.07. The van der Waals surface area contributed by atoms with Gasteiger partial charge in [0, 0.05) is 25.9 Å². The van der Waals surface area contributed by atoms with Crippen LogP contribution in [0.15, 0.2) is 30.3 Å². The number of likely N-dealkylation sites (tertiary alicyclic amines) is 1. The van der Waals surface area contributed by atoms with Gasteiger partial charge in [0.1, 0.15) is 6.10 Å². The van der Waals surface area contributed by atoms with Crippen molar-refractivity contribution in [2.45, 2.75) is 25.4 Å².